The highest BCUT2D eigenvalue weighted by Crippen LogP contribution is 2.40. The number of ether oxygens (including phenoxy) is 3. The molecular weight excluding hydrogens is 382 g/mol. The Balaban J connectivity index is 1.67. The first-order valence-electron chi connectivity index (χ1n) is 10.0. The molecule has 6 nitrogen and oxygen atoms in total. The Morgan fingerprint density at radius 3 is 2.33 bits per heavy atom. The molecule has 1 aliphatic heterocycles. The van der Waals surface area contributed by atoms with Crippen molar-refractivity contribution >= 4 is 28.9 Å². The van der Waals surface area contributed by atoms with Gasteiger partial charge in [-0.2, -0.15) is 0 Å². The van der Waals surface area contributed by atoms with Gasteiger partial charge in [0.25, 0.3) is 5.79 Å². The molecule has 30 heavy (non-hydrogen) atoms. The van der Waals surface area contributed by atoms with Gasteiger partial charge in [0.2, 0.25) is 0 Å². The summed E-state index contributed by atoms with van der Waals surface area (Å²) in [5.74, 6) is -1.68. The van der Waals surface area contributed by atoms with E-state index in [0.717, 1.165) is 35.0 Å². The van der Waals surface area contributed by atoms with Gasteiger partial charge in [-0.15, -0.1) is 0 Å². The molecule has 2 heterocycles. The fourth-order valence-corrected chi connectivity index (χ4v) is 4.30. The molecule has 2 aromatic carbocycles. The van der Waals surface area contributed by atoms with E-state index in [1.165, 1.54) is 0 Å². The summed E-state index contributed by atoms with van der Waals surface area (Å²) in [7, 11) is 1.60. The highest BCUT2D eigenvalue weighted by Gasteiger charge is 2.48. The number of hydrogen-bond acceptors (Lipinski definition) is 5. The van der Waals surface area contributed by atoms with E-state index < -0.39 is 17.7 Å². The fourth-order valence-electron chi connectivity index (χ4n) is 4.30. The maximum Gasteiger partial charge on any atom is 0.348 e. The Kier molecular flexibility index (Phi) is 4.35. The van der Waals surface area contributed by atoms with Crippen molar-refractivity contribution in [1.82, 2.24) is 4.98 Å². The third-order valence-corrected chi connectivity index (χ3v) is 5.77. The van der Waals surface area contributed by atoms with Crippen molar-refractivity contribution < 1.29 is 23.8 Å². The molecule has 2 aliphatic rings. The van der Waals surface area contributed by atoms with Crippen LogP contribution in [0, 0.1) is 0 Å². The van der Waals surface area contributed by atoms with E-state index in [9.17, 15) is 9.59 Å². The highest BCUT2D eigenvalue weighted by atomic mass is 16.7. The molecule has 3 aromatic rings. The lowest BCUT2D eigenvalue weighted by Crippen LogP contribution is -2.44. The summed E-state index contributed by atoms with van der Waals surface area (Å²) in [5, 5.41) is 0.836. The van der Waals surface area contributed by atoms with Crippen LogP contribution >= 0.6 is 0 Å². The number of fused-ring (bicyclic) bond motifs is 1. The zero-order valence-electron chi connectivity index (χ0n) is 16.6. The van der Waals surface area contributed by atoms with Gasteiger partial charge in [0.15, 0.2) is 0 Å². The molecule has 0 radical (unpaired) electrons. The van der Waals surface area contributed by atoms with Crippen molar-refractivity contribution in [1.29, 1.82) is 0 Å². The van der Waals surface area contributed by atoms with Gasteiger partial charge < -0.3 is 19.2 Å². The lowest BCUT2D eigenvalue weighted by Gasteiger charge is -2.32. The van der Waals surface area contributed by atoms with Gasteiger partial charge in [-0.05, 0) is 30.5 Å². The summed E-state index contributed by atoms with van der Waals surface area (Å²) in [6.45, 7) is 0. The zero-order valence-corrected chi connectivity index (χ0v) is 16.6. The van der Waals surface area contributed by atoms with E-state index in [-0.39, 0.29) is 5.57 Å². The standard InChI is InChI=1S/C24H21NO5/c1-28-19-11-7-10-16-17(20(25-21(16)19)15-8-3-2-4-9-15)14-18-22(26)29-24(30-23(18)27)12-5-6-13-24/h2-4,7-11,14,25H,5-6,12-13H2,1H3. The molecule has 1 spiro atoms. The maximum atomic E-state index is 12.8. The minimum atomic E-state index is -1.09. The molecule has 5 rings (SSSR count). The van der Waals surface area contributed by atoms with Gasteiger partial charge in [0, 0.05) is 23.8 Å². The van der Waals surface area contributed by atoms with Gasteiger partial charge >= 0.3 is 11.9 Å². The van der Waals surface area contributed by atoms with Crippen LogP contribution in [0.3, 0.4) is 0 Å². The van der Waals surface area contributed by atoms with Crippen LogP contribution in [-0.4, -0.2) is 29.8 Å². The smallest absolute Gasteiger partial charge is 0.348 e. The predicted octanol–water partition coefficient (Wildman–Crippen LogP) is 4.60. The zero-order chi connectivity index (χ0) is 20.7. The molecule has 152 valence electrons. The quantitative estimate of drug-likeness (QED) is 0.393. The van der Waals surface area contributed by atoms with Gasteiger partial charge in [0.1, 0.15) is 11.3 Å². The molecule has 1 saturated carbocycles. The molecule has 1 N–H and O–H groups in total. The van der Waals surface area contributed by atoms with Crippen LogP contribution in [0.15, 0.2) is 54.1 Å². The van der Waals surface area contributed by atoms with Crippen molar-refractivity contribution in [3.63, 3.8) is 0 Å². The molecule has 0 amide bonds. The van der Waals surface area contributed by atoms with Crippen LogP contribution in [-0.2, 0) is 19.1 Å². The molecule has 1 saturated heterocycles. The molecule has 1 aromatic heterocycles. The number of aromatic nitrogens is 1. The Morgan fingerprint density at radius 1 is 0.967 bits per heavy atom. The number of carbonyl (C=O) groups excluding carboxylic acids is 2. The number of hydrogen-bond donors (Lipinski definition) is 1. The lowest BCUT2D eigenvalue weighted by atomic mass is 10.0. The van der Waals surface area contributed by atoms with Crippen molar-refractivity contribution in [2.45, 2.75) is 31.5 Å². The third kappa shape index (κ3) is 2.96. The summed E-state index contributed by atoms with van der Waals surface area (Å²) in [5.41, 5.74) is 3.10. The number of rotatable bonds is 3. The summed E-state index contributed by atoms with van der Waals surface area (Å²) >= 11 is 0. The minimum Gasteiger partial charge on any atom is -0.495 e. The first kappa shape index (κ1) is 18.5. The fraction of sp³-hybridized carbons (Fsp3) is 0.250. The predicted molar refractivity (Wildman–Crippen MR) is 112 cm³/mol. The summed E-state index contributed by atoms with van der Waals surface area (Å²) < 4.78 is 16.7. The number of H-pyrrole nitrogens is 1. The Hall–Kier alpha value is -3.54. The van der Waals surface area contributed by atoms with E-state index in [4.69, 9.17) is 14.2 Å². The normalized spacial score (nSPS) is 17.8. The Bertz CT molecular complexity index is 1150. The van der Waals surface area contributed by atoms with Gasteiger partial charge in [-0.25, -0.2) is 9.59 Å². The first-order chi connectivity index (χ1) is 14.6. The minimum absolute atomic E-state index is 0.103. The van der Waals surface area contributed by atoms with Crippen LogP contribution in [0.5, 0.6) is 5.75 Å². The molecule has 0 bridgehead atoms. The SMILES string of the molecule is COc1cccc2c(C=C3C(=O)OC4(CCCC4)OC3=O)c(-c3ccccc3)[nH]c12. The highest BCUT2D eigenvalue weighted by molar-refractivity contribution is 6.20. The van der Waals surface area contributed by atoms with Crippen LogP contribution in [0.4, 0.5) is 0 Å². The van der Waals surface area contributed by atoms with Gasteiger partial charge in [-0.3, -0.25) is 0 Å². The van der Waals surface area contributed by atoms with Crippen LogP contribution in [0.2, 0.25) is 0 Å². The topological polar surface area (TPSA) is 77.6 Å². The number of methoxy groups -OCH3 is 1. The van der Waals surface area contributed by atoms with Gasteiger partial charge in [0.05, 0.1) is 18.3 Å². The number of carbonyl (C=O) groups is 2. The van der Waals surface area contributed by atoms with Crippen molar-refractivity contribution in [2.24, 2.45) is 0 Å². The third-order valence-electron chi connectivity index (χ3n) is 5.77. The van der Waals surface area contributed by atoms with Crippen molar-refractivity contribution in [3.05, 3.63) is 59.7 Å². The number of benzene rings is 2. The molecule has 0 atom stereocenters. The van der Waals surface area contributed by atoms with Crippen molar-refractivity contribution in [2.75, 3.05) is 7.11 Å². The van der Waals surface area contributed by atoms with E-state index in [1.807, 2.05) is 48.5 Å². The second kappa shape index (κ2) is 7.06. The second-order valence-electron chi connectivity index (χ2n) is 7.62. The van der Waals surface area contributed by atoms with Crippen molar-refractivity contribution in [3.8, 4) is 17.0 Å². The maximum absolute atomic E-state index is 12.8. The number of esters is 2. The molecule has 1 aliphatic carbocycles. The number of aromatic amines is 1. The number of para-hydroxylation sites is 1. The lowest BCUT2D eigenvalue weighted by molar-refractivity contribution is -0.232. The van der Waals surface area contributed by atoms with Crippen LogP contribution in [0.1, 0.15) is 31.2 Å². The summed E-state index contributed by atoms with van der Waals surface area (Å²) in [4.78, 5) is 28.9. The second-order valence-corrected chi connectivity index (χ2v) is 7.62. The Labute approximate surface area is 173 Å². The average Bonchev–Trinajstić information content (AvgIpc) is 3.35. The summed E-state index contributed by atoms with van der Waals surface area (Å²) in [6, 6.07) is 15.4. The largest absolute Gasteiger partial charge is 0.495 e. The molecule has 2 fully saturated rings. The van der Waals surface area contributed by atoms with E-state index in [1.54, 1.807) is 13.2 Å². The van der Waals surface area contributed by atoms with Crippen LogP contribution < -0.4 is 4.74 Å². The summed E-state index contributed by atoms with van der Waals surface area (Å²) in [6.07, 6.45) is 4.42. The first-order valence-corrected chi connectivity index (χ1v) is 10.0. The monoisotopic (exact) mass is 403 g/mol. The molecular formula is C24H21NO5. The van der Waals surface area contributed by atoms with Gasteiger partial charge in [-0.1, -0.05) is 42.5 Å². The van der Waals surface area contributed by atoms with E-state index >= 15 is 0 Å². The molecule has 6 heteroatoms. The van der Waals surface area contributed by atoms with Crippen LogP contribution in [0.25, 0.3) is 28.2 Å². The number of nitrogens with one attached hydrogen (secondary N) is 1. The van der Waals surface area contributed by atoms with E-state index in [0.29, 0.717) is 24.2 Å². The molecule has 0 unspecified atom stereocenters. The Morgan fingerprint density at radius 2 is 1.67 bits per heavy atom. The average molecular weight is 403 g/mol. The van der Waals surface area contributed by atoms with E-state index in [2.05, 4.69) is 4.98 Å².